The molecule has 0 saturated heterocycles. The van der Waals surface area contributed by atoms with Crippen molar-refractivity contribution in [3.8, 4) is 0 Å². The Morgan fingerprint density at radius 1 is 0.442 bits per heavy atom. The van der Waals surface area contributed by atoms with E-state index < -0.39 is 0 Å². The normalized spacial score (nSPS) is 11.6. The number of thioether (sulfide) groups is 1. The van der Waals surface area contributed by atoms with Crippen LogP contribution < -0.4 is 0 Å². The highest BCUT2D eigenvalue weighted by Gasteiger charge is 2.04. The number of ether oxygens (including phenoxy) is 2. The van der Waals surface area contributed by atoms with Crippen molar-refractivity contribution in [2.24, 2.45) is 0 Å². The van der Waals surface area contributed by atoms with E-state index in [1.807, 2.05) is 12.2 Å². The molecule has 0 unspecified atom stereocenters. The van der Waals surface area contributed by atoms with Gasteiger partial charge in [0.2, 0.25) is 0 Å². The summed E-state index contributed by atoms with van der Waals surface area (Å²) in [4.78, 5) is 23.7. The lowest BCUT2D eigenvalue weighted by Crippen LogP contribution is -2.03. The molecule has 0 aromatic heterocycles. The number of allylic oxidation sites excluding steroid dienone is 2. The zero-order valence-electron chi connectivity index (χ0n) is 28.6. The Bertz CT molecular complexity index is 592. The van der Waals surface area contributed by atoms with Crippen molar-refractivity contribution in [1.29, 1.82) is 0 Å². The van der Waals surface area contributed by atoms with Crippen LogP contribution in [0.1, 0.15) is 194 Å². The first-order chi connectivity index (χ1) is 21.2. The summed E-state index contributed by atoms with van der Waals surface area (Å²) in [5.41, 5.74) is 0. The third-order valence-corrected chi connectivity index (χ3v) is 8.93. The Balaban J connectivity index is 3.37. The molecule has 0 aliphatic heterocycles. The van der Waals surface area contributed by atoms with Crippen LogP contribution in [0.3, 0.4) is 0 Å². The predicted molar refractivity (Wildman–Crippen MR) is 188 cm³/mol. The summed E-state index contributed by atoms with van der Waals surface area (Å²) in [6.45, 7) is 4.54. The zero-order chi connectivity index (χ0) is 31.3. The molecule has 5 heteroatoms. The van der Waals surface area contributed by atoms with Gasteiger partial charge in [0.1, 0.15) is 0 Å². The molecule has 0 bridgehead atoms. The summed E-state index contributed by atoms with van der Waals surface area (Å²) >= 11 is 1.59. The molecule has 0 aliphatic rings. The third kappa shape index (κ3) is 36.9. The summed E-state index contributed by atoms with van der Waals surface area (Å²) < 4.78 is 10.4. The Morgan fingerprint density at radius 2 is 0.721 bits per heavy atom. The second-order valence-corrected chi connectivity index (χ2v) is 13.4. The number of esters is 2. The topological polar surface area (TPSA) is 52.6 Å². The molecule has 4 nitrogen and oxygen atoms in total. The molecular formula is C38H70O4S. The highest BCUT2D eigenvalue weighted by molar-refractivity contribution is 7.99. The van der Waals surface area contributed by atoms with E-state index in [1.165, 1.54) is 141 Å². The minimum Gasteiger partial charge on any atom is -0.435 e. The molecule has 0 N–H and O–H groups in total. The summed E-state index contributed by atoms with van der Waals surface area (Å²) in [6, 6.07) is 0. The van der Waals surface area contributed by atoms with E-state index in [0.29, 0.717) is 24.3 Å². The van der Waals surface area contributed by atoms with Crippen molar-refractivity contribution in [2.45, 2.75) is 194 Å². The van der Waals surface area contributed by atoms with Crippen molar-refractivity contribution >= 4 is 23.7 Å². The predicted octanol–water partition coefficient (Wildman–Crippen LogP) is 12.8. The molecule has 0 aromatic rings. The Kier molecular flexibility index (Phi) is 35.9. The van der Waals surface area contributed by atoms with Crippen LogP contribution >= 0.6 is 11.8 Å². The molecule has 0 heterocycles. The van der Waals surface area contributed by atoms with E-state index in [2.05, 4.69) is 13.8 Å². The Morgan fingerprint density at radius 3 is 1.02 bits per heavy atom. The molecule has 0 fully saturated rings. The van der Waals surface area contributed by atoms with Gasteiger partial charge in [-0.15, -0.1) is 0 Å². The fraction of sp³-hybridized carbons (Fsp3) is 0.842. The van der Waals surface area contributed by atoms with Gasteiger partial charge in [-0.3, -0.25) is 9.59 Å². The Labute approximate surface area is 272 Å². The van der Waals surface area contributed by atoms with E-state index in [0.717, 1.165) is 25.7 Å². The number of carbonyl (C=O) groups excluding carboxylic acids is 2. The van der Waals surface area contributed by atoms with Gasteiger partial charge >= 0.3 is 11.9 Å². The SMILES string of the molecule is CCCCCCCCCCCCCC/C=C/OC(=O)CCSCCC(=O)O/C=C/CCCCCCCCCCCCCC. The molecule has 0 radical (unpaired) electrons. The van der Waals surface area contributed by atoms with Crippen LogP contribution in [0.2, 0.25) is 0 Å². The maximum absolute atomic E-state index is 11.9. The molecular weight excluding hydrogens is 552 g/mol. The average Bonchev–Trinajstić information content (AvgIpc) is 3.00. The molecule has 0 rings (SSSR count). The molecule has 0 spiro atoms. The molecule has 0 atom stereocenters. The van der Waals surface area contributed by atoms with E-state index in [9.17, 15) is 9.59 Å². The average molecular weight is 623 g/mol. The summed E-state index contributed by atoms with van der Waals surface area (Å²) in [5, 5.41) is 0. The quantitative estimate of drug-likeness (QED) is 0.0406. The van der Waals surface area contributed by atoms with Gasteiger partial charge < -0.3 is 9.47 Å². The lowest BCUT2D eigenvalue weighted by Gasteiger charge is -2.02. The summed E-state index contributed by atoms with van der Waals surface area (Å²) in [5.74, 6) is 0.907. The third-order valence-electron chi connectivity index (χ3n) is 7.94. The molecule has 0 amide bonds. The monoisotopic (exact) mass is 622 g/mol. The number of rotatable bonds is 34. The smallest absolute Gasteiger partial charge is 0.311 e. The van der Waals surface area contributed by atoms with Gasteiger partial charge in [-0.1, -0.05) is 155 Å². The van der Waals surface area contributed by atoms with Crippen LogP contribution in [0.4, 0.5) is 0 Å². The van der Waals surface area contributed by atoms with Gasteiger partial charge in [0.15, 0.2) is 0 Å². The highest BCUT2D eigenvalue weighted by atomic mass is 32.2. The first-order valence-electron chi connectivity index (χ1n) is 18.5. The molecule has 0 saturated carbocycles. The molecule has 252 valence electrons. The van der Waals surface area contributed by atoms with Gasteiger partial charge in [-0.25, -0.2) is 0 Å². The number of carbonyl (C=O) groups is 2. The van der Waals surface area contributed by atoms with Crippen molar-refractivity contribution in [3.05, 3.63) is 24.7 Å². The van der Waals surface area contributed by atoms with Crippen molar-refractivity contribution in [3.63, 3.8) is 0 Å². The van der Waals surface area contributed by atoms with Gasteiger partial charge in [-0.05, 0) is 37.8 Å². The first kappa shape index (κ1) is 41.8. The van der Waals surface area contributed by atoms with Crippen molar-refractivity contribution < 1.29 is 19.1 Å². The molecule has 43 heavy (non-hydrogen) atoms. The second-order valence-electron chi connectivity index (χ2n) is 12.2. The molecule has 0 aromatic carbocycles. The van der Waals surface area contributed by atoms with Gasteiger partial charge in [0.25, 0.3) is 0 Å². The van der Waals surface area contributed by atoms with E-state index >= 15 is 0 Å². The maximum Gasteiger partial charge on any atom is 0.311 e. The minimum atomic E-state index is -0.207. The fourth-order valence-electron chi connectivity index (χ4n) is 5.12. The summed E-state index contributed by atoms with van der Waals surface area (Å²) in [6.07, 6.45) is 42.1. The van der Waals surface area contributed by atoms with Crippen molar-refractivity contribution in [2.75, 3.05) is 11.5 Å². The van der Waals surface area contributed by atoms with Crippen molar-refractivity contribution in [1.82, 2.24) is 0 Å². The highest BCUT2D eigenvalue weighted by Crippen LogP contribution is 2.14. The lowest BCUT2D eigenvalue weighted by molar-refractivity contribution is -0.138. The van der Waals surface area contributed by atoms with Crippen LogP contribution in [-0.2, 0) is 19.1 Å². The molecule has 0 aliphatic carbocycles. The number of hydrogen-bond acceptors (Lipinski definition) is 5. The standard InChI is InChI=1S/C38H70O4S/c1-3-5-7-9-11-13-15-17-19-21-23-25-27-29-33-41-37(39)31-35-43-36-32-38(40)42-34-30-28-26-24-22-20-18-16-14-12-10-8-6-4-2/h29-30,33-34H,3-28,31-32,35-36H2,1-2H3/b33-29+,34-30+. The number of unbranched alkanes of at least 4 members (excludes halogenated alkanes) is 24. The van der Waals surface area contributed by atoms with E-state index in [-0.39, 0.29) is 11.9 Å². The maximum atomic E-state index is 11.9. The van der Waals surface area contributed by atoms with Gasteiger partial charge in [-0.2, -0.15) is 11.8 Å². The van der Waals surface area contributed by atoms with Gasteiger partial charge in [0.05, 0.1) is 25.4 Å². The lowest BCUT2D eigenvalue weighted by atomic mass is 10.0. The minimum absolute atomic E-state index is 0.207. The largest absolute Gasteiger partial charge is 0.435 e. The van der Waals surface area contributed by atoms with E-state index in [1.54, 1.807) is 24.3 Å². The fourth-order valence-corrected chi connectivity index (χ4v) is 5.95. The first-order valence-corrected chi connectivity index (χ1v) is 19.6. The zero-order valence-corrected chi connectivity index (χ0v) is 29.4. The van der Waals surface area contributed by atoms with Crippen LogP contribution in [-0.4, -0.2) is 23.4 Å². The Hall–Kier alpha value is -1.23. The van der Waals surface area contributed by atoms with Crippen LogP contribution in [0.5, 0.6) is 0 Å². The van der Waals surface area contributed by atoms with Crippen LogP contribution in [0, 0.1) is 0 Å². The van der Waals surface area contributed by atoms with E-state index in [4.69, 9.17) is 9.47 Å². The number of hydrogen-bond donors (Lipinski definition) is 0. The van der Waals surface area contributed by atoms with Crippen LogP contribution in [0.25, 0.3) is 0 Å². The van der Waals surface area contributed by atoms with Crippen LogP contribution in [0.15, 0.2) is 24.7 Å². The van der Waals surface area contributed by atoms with Gasteiger partial charge in [0, 0.05) is 11.5 Å². The summed E-state index contributed by atoms with van der Waals surface area (Å²) in [7, 11) is 0. The second kappa shape index (κ2) is 37.0.